The third kappa shape index (κ3) is 2.08. The van der Waals surface area contributed by atoms with Crippen molar-refractivity contribution < 1.29 is 9.59 Å². The van der Waals surface area contributed by atoms with E-state index in [0.29, 0.717) is 19.5 Å². The van der Waals surface area contributed by atoms with Gasteiger partial charge in [0.25, 0.3) is 0 Å². The molecule has 0 spiro atoms. The van der Waals surface area contributed by atoms with Crippen LogP contribution in [0.3, 0.4) is 0 Å². The zero-order valence-corrected chi connectivity index (χ0v) is 9.03. The maximum absolute atomic E-state index is 11.6. The molecule has 1 aromatic heterocycles. The average molecular weight is 221 g/mol. The van der Waals surface area contributed by atoms with Crippen LogP contribution in [0.25, 0.3) is 0 Å². The summed E-state index contributed by atoms with van der Waals surface area (Å²) in [6, 6.07) is 1.35. The molecule has 3 N–H and O–H groups in total. The molecule has 0 bridgehead atoms. The van der Waals surface area contributed by atoms with E-state index < -0.39 is 6.03 Å². The third-order valence-electron chi connectivity index (χ3n) is 2.85. The highest BCUT2D eigenvalue weighted by atomic mass is 16.2. The van der Waals surface area contributed by atoms with Crippen LogP contribution >= 0.6 is 0 Å². The number of hydrogen-bond donors (Lipinski definition) is 2. The van der Waals surface area contributed by atoms with E-state index in [9.17, 15) is 9.59 Å². The number of aromatic nitrogens is 1. The Labute approximate surface area is 93.6 Å². The summed E-state index contributed by atoms with van der Waals surface area (Å²) in [5, 5.41) is 2.53. The predicted octanol–water partition coefficient (Wildman–Crippen LogP) is 0.675. The van der Waals surface area contributed by atoms with Crippen LogP contribution in [0.15, 0.2) is 12.3 Å². The summed E-state index contributed by atoms with van der Waals surface area (Å²) in [5.41, 5.74) is 6.90. The van der Waals surface area contributed by atoms with Crippen LogP contribution < -0.4 is 11.1 Å². The van der Waals surface area contributed by atoms with Crippen molar-refractivity contribution in [2.45, 2.75) is 25.8 Å². The van der Waals surface area contributed by atoms with Crippen molar-refractivity contribution in [3.8, 4) is 0 Å². The minimum Gasteiger partial charge on any atom is -0.352 e. The van der Waals surface area contributed by atoms with Gasteiger partial charge in [-0.1, -0.05) is 0 Å². The number of carbonyl (C=O) groups excluding carboxylic acids is 2. The Kier molecular flexibility index (Phi) is 2.94. The van der Waals surface area contributed by atoms with Gasteiger partial charge in [-0.25, -0.2) is 4.79 Å². The minimum absolute atomic E-state index is 0.225. The molecule has 1 aliphatic rings. The summed E-state index contributed by atoms with van der Waals surface area (Å²) in [6.07, 6.45) is 4.40. The zero-order valence-electron chi connectivity index (χ0n) is 9.03. The lowest BCUT2D eigenvalue weighted by molar-refractivity contribution is 0.0971. The van der Waals surface area contributed by atoms with Crippen LogP contribution in [0.2, 0.25) is 0 Å². The van der Waals surface area contributed by atoms with Crippen LogP contribution in [0.1, 0.15) is 28.9 Å². The second kappa shape index (κ2) is 4.38. The molecule has 1 aliphatic carbocycles. The molecule has 0 aliphatic heterocycles. The molecular weight excluding hydrogens is 206 g/mol. The van der Waals surface area contributed by atoms with E-state index in [0.717, 1.165) is 24.1 Å². The van der Waals surface area contributed by atoms with E-state index in [2.05, 4.69) is 5.32 Å². The molecule has 2 amide bonds. The van der Waals surface area contributed by atoms with Gasteiger partial charge in [0.2, 0.25) is 0 Å². The predicted molar refractivity (Wildman–Crippen MR) is 59.3 cm³/mol. The van der Waals surface area contributed by atoms with Gasteiger partial charge in [-0.05, 0) is 18.9 Å². The van der Waals surface area contributed by atoms with Crippen LogP contribution in [0.5, 0.6) is 0 Å². The molecule has 0 fully saturated rings. The summed E-state index contributed by atoms with van der Waals surface area (Å²) < 4.78 is 2.02. The number of nitrogens with zero attached hydrogens (tertiary/aromatic N) is 1. The number of hydrogen-bond acceptors (Lipinski definition) is 2. The van der Waals surface area contributed by atoms with Gasteiger partial charge in [-0.3, -0.25) is 4.79 Å². The van der Waals surface area contributed by atoms with Crippen molar-refractivity contribution >= 4 is 11.8 Å². The summed E-state index contributed by atoms with van der Waals surface area (Å²) in [7, 11) is 0. The Morgan fingerprint density at radius 3 is 3.06 bits per heavy atom. The number of primary amides is 1. The maximum atomic E-state index is 11.6. The summed E-state index contributed by atoms with van der Waals surface area (Å²) in [5.74, 6) is 0.225. The topological polar surface area (TPSA) is 77.1 Å². The van der Waals surface area contributed by atoms with Gasteiger partial charge in [-0.2, -0.15) is 0 Å². The van der Waals surface area contributed by atoms with Crippen molar-refractivity contribution in [3.63, 3.8) is 0 Å². The fourth-order valence-corrected chi connectivity index (χ4v) is 2.10. The second-order valence-corrected chi connectivity index (χ2v) is 3.94. The largest absolute Gasteiger partial charge is 0.352 e. The third-order valence-corrected chi connectivity index (χ3v) is 2.85. The van der Waals surface area contributed by atoms with Gasteiger partial charge in [0.15, 0.2) is 5.78 Å². The SMILES string of the molecule is NC(=O)NCCn1ccc2c1CCCC2=O. The van der Waals surface area contributed by atoms with Gasteiger partial charge in [0.1, 0.15) is 0 Å². The lowest BCUT2D eigenvalue weighted by atomic mass is 9.97. The summed E-state index contributed by atoms with van der Waals surface area (Å²) in [6.45, 7) is 1.15. The number of urea groups is 1. The quantitative estimate of drug-likeness (QED) is 0.787. The van der Waals surface area contributed by atoms with E-state index >= 15 is 0 Å². The van der Waals surface area contributed by atoms with E-state index in [1.54, 1.807) is 0 Å². The number of nitrogens with one attached hydrogen (secondary N) is 1. The molecule has 0 atom stereocenters. The zero-order chi connectivity index (χ0) is 11.5. The van der Waals surface area contributed by atoms with Crippen molar-refractivity contribution in [2.75, 3.05) is 6.54 Å². The smallest absolute Gasteiger partial charge is 0.312 e. The summed E-state index contributed by atoms with van der Waals surface area (Å²) >= 11 is 0. The maximum Gasteiger partial charge on any atom is 0.312 e. The number of rotatable bonds is 3. The monoisotopic (exact) mass is 221 g/mol. The number of Topliss-reactive ketones (excluding diaryl/α,β-unsaturated/α-hetero) is 1. The highest BCUT2D eigenvalue weighted by molar-refractivity contribution is 5.98. The first-order valence-corrected chi connectivity index (χ1v) is 5.43. The first-order valence-electron chi connectivity index (χ1n) is 5.43. The van der Waals surface area contributed by atoms with Crippen molar-refractivity contribution in [3.05, 3.63) is 23.5 Å². The fraction of sp³-hybridized carbons (Fsp3) is 0.455. The number of nitrogens with two attached hydrogens (primary N) is 1. The van der Waals surface area contributed by atoms with Gasteiger partial charge < -0.3 is 15.6 Å². The lowest BCUT2D eigenvalue weighted by Crippen LogP contribution is -2.32. The van der Waals surface area contributed by atoms with E-state index in [4.69, 9.17) is 5.73 Å². The van der Waals surface area contributed by atoms with Crippen molar-refractivity contribution in [1.82, 2.24) is 9.88 Å². The highest BCUT2D eigenvalue weighted by Gasteiger charge is 2.19. The Morgan fingerprint density at radius 1 is 1.50 bits per heavy atom. The Balaban J connectivity index is 2.05. The number of carbonyl (C=O) groups is 2. The van der Waals surface area contributed by atoms with Gasteiger partial charge in [-0.15, -0.1) is 0 Å². The second-order valence-electron chi connectivity index (χ2n) is 3.94. The number of fused-ring (bicyclic) bond motifs is 1. The van der Waals surface area contributed by atoms with E-state index in [1.807, 2.05) is 16.8 Å². The molecule has 0 aromatic carbocycles. The molecule has 0 saturated heterocycles. The molecule has 0 unspecified atom stereocenters. The van der Waals surface area contributed by atoms with E-state index in [1.165, 1.54) is 0 Å². The molecule has 2 rings (SSSR count). The van der Waals surface area contributed by atoms with Crippen LogP contribution in [-0.2, 0) is 13.0 Å². The summed E-state index contributed by atoms with van der Waals surface area (Å²) in [4.78, 5) is 22.1. The average Bonchev–Trinajstić information content (AvgIpc) is 2.63. The van der Waals surface area contributed by atoms with Crippen LogP contribution in [0, 0.1) is 0 Å². The first-order chi connectivity index (χ1) is 7.68. The van der Waals surface area contributed by atoms with Gasteiger partial charge >= 0.3 is 6.03 Å². The number of ketones is 1. The molecule has 16 heavy (non-hydrogen) atoms. The fourth-order valence-electron chi connectivity index (χ4n) is 2.10. The van der Waals surface area contributed by atoms with Crippen LogP contribution in [-0.4, -0.2) is 22.9 Å². The molecule has 0 saturated carbocycles. The molecule has 86 valence electrons. The Morgan fingerprint density at radius 2 is 2.31 bits per heavy atom. The van der Waals surface area contributed by atoms with Gasteiger partial charge in [0.05, 0.1) is 0 Å². The Hall–Kier alpha value is -1.78. The standard InChI is InChI=1S/C11H15N3O2/c12-11(16)13-5-7-14-6-4-8-9(14)2-1-3-10(8)15/h4,6H,1-3,5,7H2,(H3,12,13,16). The lowest BCUT2D eigenvalue weighted by Gasteiger charge is -2.14. The molecule has 0 radical (unpaired) electrons. The molecule has 1 heterocycles. The van der Waals surface area contributed by atoms with Gasteiger partial charge in [0, 0.05) is 37.0 Å². The molecule has 5 heteroatoms. The molecular formula is C11H15N3O2. The van der Waals surface area contributed by atoms with Crippen molar-refractivity contribution in [2.24, 2.45) is 5.73 Å². The van der Waals surface area contributed by atoms with Crippen LogP contribution in [0.4, 0.5) is 4.79 Å². The van der Waals surface area contributed by atoms with E-state index in [-0.39, 0.29) is 5.78 Å². The highest BCUT2D eigenvalue weighted by Crippen LogP contribution is 2.21. The molecule has 1 aromatic rings. The Bertz CT molecular complexity index is 423. The number of amides is 2. The van der Waals surface area contributed by atoms with Crippen molar-refractivity contribution in [1.29, 1.82) is 0 Å². The normalized spacial score (nSPS) is 14.6. The minimum atomic E-state index is -0.517. The first kappa shape index (κ1) is 10.7. The molecule has 5 nitrogen and oxygen atoms in total.